The van der Waals surface area contributed by atoms with Crippen molar-refractivity contribution < 1.29 is 0 Å². The highest BCUT2D eigenvalue weighted by Gasteiger charge is 2.09. The van der Waals surface area contributed by atoms with Crippen LogP contribution in [-0.2, 0) is 0 Å². The lowest BCUT2D eigenvalue weighted by atomic mass is 9.97. The Hall–Kier alpha value is -0.820. The lowest BCUT2D eigenvalue weighted by molar-refractivity contribution is 0.500. The van der Waals surface area contributed by atoms with Crippen LogP contribution in [0.2, 0.25) is 0 Å². The number of hydrogen-bond acceptors (Lipinski definition) is 1. The summed E-state index contributed by atoms with van der Waals surface area (Å²) in [5, 5.41) is 3.46. The van der Waals surface area contributed by atoms with Crippen LogP contribution in [0.5, 0.6) is 0 Å². The molecular formula is C17H29N. The second-order valence-electron chi connectivity index (χ2n) is 5.39. The summed E-state index contributed by atoms with van der Waals surface area (Å²) in [6, 6.07) is 7.37. The standard InChI is InChI=1S/C17H29N/c1-5-6-7-8-9-10-17(18-4)16-12-11-14(2)15(3)13-16/h11-13,17-18H,5-10H2,1-4H3. The maximum absolute atomic E-state index is 3.46. The van der Waals surface area contributed by atoms with Gasteiger partial charge in [0.1, 0.15) is 0 Å². The quantitative estimate of drug-likeness (QED) is 0.643. The zero-order valence-corrected chi connectivity index (χ0v) is 12.6. The minimum Gasteiger partial charge on any atom is -0.313 e. The van der Waals surface area contributed by atoms with Gasteiger partial charge in [0.05, 0.1) is 0 Å². The van der Waals surface area contributed by atoms with Gasteiger partial charge in [0, 0.05) is 6.04 Å². The van der Waals surface area contributed by atoms with Gasteiger partial charge in [-0.25, -0.2) is 0 Å². The van der Waals surface area contributed by atoms with E-state index < -0.39 is 0 Å². The van der Waals surface area contributed by atoms with Crippen molar-refractivity contribution in [2.24, 2.45) is 0 Å². The molecule has 1 nitrogen and oxygen atoms in total. The normalized spacial score (nSPS) is 12.7. The van der Waals surface area contributed by atoms with Gasteiger partial charge < -0.3 is 5.32 Å². The molecule has 1 N–H and O–H groups in total. The van der Waals surface area contributed by atoms with Crippen molar-refractivity contribution in [3.63, 3.8) is 0 Å². The third-order valence-electron chi connectivity index (χ3n) is 3.88. The molecule has 0 aliphatic heterocycles. The molecule has 0 heterocycles. The molecule has 0 saturated heterocycles. The van der Waals surface area contributed by atoms with Crippen LogP contribution >= 0.6 is 0 Å². The van der Waals surface area contributed by atoms with Gasteiger partial charge in [0.15, 0.2) is 0 Å². The number of rotatable bonds is 8. The zero-order valence-electron chi connectivity index (χ0n) is 12.6. The Labute approximate surface area is 113 Å². The molecule has 0 aliphatic carbocycles. The Bertz CT molecular complexity index is 343. The molecule has 0 saturated carbocycles. The van der Waals surface area contributed by atoms with Gasteiger partial charge in [-0.3, -0.25) is 0 Å². The largest absolute Gasteiger partial charge is 0.313 e. The van der Waals surface area contributed by atoms with E-state index in [2.05, 4.69) is 51.3 Å². The van der Waals surface area contributed by atoms with E-state index in [-0.39, 0.29) is 0 Å². The van der Waals surface area contributed by atoms with E-state index in [0.717, 1.165) is 0 Å². The minimum atomic E-state index is 0.519. The molecule has 0 amide bonds. The molecule has 18 heavy (non-hydrogen) atoms. The molecule has 1 rings (SSSR count). The predicted molar refractivity (Wildman–Crippen MR) is 81.1 cm³/mol. The van der Waals surface area contributed by atoms with Crippen LogP contribution in [0, 0.1) is 13.8 Å². The molecule has 1 atom stereocenters. The number of hydrogen-bond donors (Lipinski definition) is 1. The molecule has 0 fully saturated rings. The summed E-state index contributed by atoms with van der Waals surface area (Å²) in [6.45, 7) is 6.65. The summed E-state index contributed by atoms with van der Waals surface area (Å²) >= 11 is 0. The summed E-state index contributed by atoms with van der Waals surface area (Å²) in [4.78, 5) is 0. The third kappa shape index (κ3) is 4.81. The molecule has 1 unspecified atom stereocenters. The fourth-order valence-corrected chi connectivity index (χ4v) is 2.41. The van der Waals surface area contributed by atoms with E-state index in [4.69, 9.17) is 0 Å². The highest BCUT2D eigenvalue weighted by atomic mass is 14.9. The smallest absolute Gasteiger partial charge is 0.0317 e. The molecule has 0 spiro atoms. The van der Waals surface area contributed by atoms with Crippen molar-refractivity contribution in [2.45, 2.75) is 65.3 Å². The fourth-order valence-electron chi connectivity index (χ4n) is 2.41. The van der Waals surface area contributed by atoms with E-state index in [1.807, 2.05) is 0 Å². The van der Waals surface area contributed by atoms with Crippen molar-refractivity contribution >= 4 is 0 Å². The zero-order chi connectivity index (χ0) is 13.4. The Kier molecular flexibility index (Phi) is 7.04. The van der Waals surface area contributed by atoms with Crippen molar-refractivity contribution in [3.05, 3.63) is 34.9 Å². The fraction of sp³-hybridized carbons (Fsp3) is 0.647. The van der Waals surface area contributed by atoms with Gasteiger partial charge in [-0.2, -0.15) is 0 Å². The number of nitrogens with one attached hydrogen (secondary N) is 1. The van der Waals surface area contributed by atoms with Crippen molar-refractivity contribution in [3.8, 4) is 0 Å². The number of benzene rings is 1. The Morgan fingerprint density at radius 2 is 1.72 bits per heavy atom. The molecule has 0 aromatic heterocycles. The molecule has 1 aromatic rings. The van der Waals surface area contributed by atoms with E-state index in [1.54, 1.807) is 0 Å². The highest BCUT2D eigenvalue weighted by molar-refractivity contribution is 5.31. The maximum Gasteiger partial charge on any atom is 0.0317 e. The Balaban J connectivity index is 2.47. The van der Waals surface area contributed by atoms with E-state index >= 15 is 0 Å². The molecule has 102 valence electrons. The van der Waals surface area contributed by atoms with Gasteiger partial charge in [-0.1, -0.05) is 57.2 Å². The van der Waals surface area contributed by atoms with Crippen LogP contribution in [-0.4, -0.2) is 7.05 Å². The van der Waals surface area contributed by atoms with Crippen molar-refractivity contribution in [2.75, 3.05) is 7.05 Å². The van der Waals surface area contributed by atoms with Crippen LogP contribution in [0.3, 0.4) is 0 Å². The first-order chi connectivity index (χ1) is 8.69. The third-order valence-corrected chi connectivity index (χ3v) is 3.88. The lowest BCUT2D eigenvalue weighted by Gasteiger charge is -2.17. The monoisotopic (exact) mass is 247 g/mol. The molecule has 1 heteroatoms. The molecule has 0 bridgehead atoms. The predicted octanol–water partition coefficient (Wildman–Crippen LogP) is 4.92. The number of unbranched alkanes of at least 4 members (excludes halogenated alkanes) is 4. The summed E-state index contributed by atoms with van der Waals surface area (Å²) in [5.41, 5.74) is 4.23. The summed E-state index contributed by atoms with van der Waals surface area (Å²) in [6.07, 6.45) is 8.05. The Morgan fingerprint density at radius 1 is 1.00 bits per heavy atom. The molecule has 0 radical (unpaired) electrons. The first kappa shape index (κ1) is 15.2. The van der Waals surface area contributed by atoms with Gasteiger partial charge in [-0.05, 0) is 44.0 Å². The maximum atomic E-state index is 3.46. The second-order valence-corrected chi connectivity index (χ2v) is 5.39. The minimum absolute atomic E-state index is 0.519. The van der Waals surface area contributed by atoms with Crippen LogP contribution in [0.25, 0.3) is 0 Å². The van der Waals surface area contributed by atoms with E-state index in [0.29, 0.717) is 6.04 Å². The average molecular weight is 247 g/mol. The van der Waals surface area contributed by atoms with Crippen molar-refractivity contribution in [1.82, 2.24) is 5.32 Å². The summed E-state index contributed by atoms with van der Waals surface area (Å²) < 4.78 is 0. The van der Waals surface area contributed by atoms with Crippen LogP contribution in [0.4, 0.5) is 0 Å². The van der Waals surface area contributed by atoms with E-state index in [9.17, 15) is 0 Å². The first-order valence-electron chi connectivity index (χ1n) is 7.43. The van der Waals surface area contributed by atoms with Crippen LogP contribution in [0.1, 0.15) is 68.2 Å². The van der Waals surface area contributed by atoms with Gasteiger partial charge in [0.2, 0.25) is 0 Å². The molecule has 1 aromatic carbocycles. The first-order valence-corrected chi connectivity index (χ1v) is 7.43. The van der Waals surface area contributed by atoms with Gasteiger partial charge >= 0.3 is 0 Å². The topological polar surface area (TPSA) is 12.0 Å². The molecular weight excluding hydrogens is 218 g/mol. The number of aryl methyl sites for hydroxylation is 2. The summed E-state index contributed by atoms with van der Waals surface area (Å²) in [5.74, 6) is 0. The SMILES string of the molecule is CCCCCCCC(NC)c1ccc(C)c(C)c1. The van der Waals surface area contributed by atoms with Crippen LogP contribution < -0.4 is 5.32 Å². The second kappa shape index (κ2) is 8.31. The van der Waals surface area contributed by atoms with Crippen molar-refractivity contribution in [1.29, 1.82) is 0 Å². The average Bonchev–Trinajstić information content (AvgIpc) is 2.37. The van der Waals surface area contributed by atoms with Crippen LogP contribution in [0.15, 0.2) is 18.2 Å². The van der Waals surface area contributed by atoms with E-state index in [1.165, 1.54) is 55.2 Å². The van der Waals surface area contributed by atoms with Gasteiger partial charge in [0.25, 0.3) is 0 Å². The van der Waals surface area contributed by atoms with Gasteiger partial charge in [-0.15, -0.1) is 0 Å². The molecule has 0 aliphatic rings. The Morgan fingerprint density at radius 3 is 2.33 bits per heavy atom. The summed E-state index contributed by atoms with van der Waals surface area (Å²) in [7, 11) is 2.08. The lowest BCUT2D eigenvalue weighted by Crippen LogP contribution is -2.16. The highest BCUT2D eigenvalue weighted by Crippen LogP contribution is 2.22.